The first-order valence-electron chi connectivity index (χ1n) is 3.07. The van der Waals surface area contributed by atoms with Crippen LogP contribution in [0.4, 0.5) is 5.69 Å². The molecule has 1 aromatic rings. The fourth-order valence-corrected chi connectivity index (χ4v) is 1.05. The summed E-state index contributed by atoms with van der Waals surface area (Å²) in [6.07, 6.45) is 1.01. The molecule has 9 heavy (non-hydrogen) atoms. The standard InChI is InChI=1S/C7H6BN/c1-2-4-7-6(3-1)5-8-9-7/h1-4H,5H2. The van der Waals surface area contributed by atoms with E-state index in [0.29, 0.717) is 0 Å². The SMILES string of the molecule is B1=Nc2ccccc2C1. The molecule has 0 fully saturated rings. The Morgan fingerprint density at radius 1 is 1.33 bits per heavy atom. The van der Waals surface area contributed by atoms with E-state index in [9.17, 15) is 0 Å². The van der Waals surface area contributed by atoms with Crippen molar-refractivity contribution in [2.45, 2.75) is 6.32 Å². The predicted molar refractivity (Wildman–Crippen MR) is 38.0 cm³/mol. The van der Waals surface area contributed by atoms with Gasteiger partial charge in [-0.15, -0.1) is 0 Å². The van der Waals surface area contributed by atoms with Gasteiger partial charge in [0.05, 0.1) is 0 Å². The summed E-state index contributed by atoms with van der Waals surface area (Å²) in [5.41, 5.74) is 2.48. The molecular formula is C7H6BN. The van der Waals surface area contributed by atoms with Gasteiger partial charge in [0.1, 0.15) is 0 Å². The third kappa shape index (κ3) is 0.708. The number of hydrogen-bond donors (Lipinski definition) is 0. The molecular weight excluding hydrogens is 109 g/mol. The molecule has 1 nitrogen and oxygen atoms in total. The van der Waals surface area contributed by atoms with Crippen LogP contribution in [0.5, 0.6) is 0 Å². The molecule has 0 saturated carbocycles. The van der Waals surface area contributed by atoms with E-state index in [1.165, 1.54) is 5.56 Å². The Labute approximate surface area is 54.7 Å². The minimum absolute atomic E-state index is 1.01. The molecule has 0 amide bonds. The van der Waals surface area contributed by atoms with Gasteiger partial charge >= 0.3 is 53.8 Å². The number of fused-ring (bicyclic) bond motifs is 1. The first-order valence-corrected chi connectivity index (χ1v) is 3.07. The molecule has 0 bridgehead atoms. The van der Waals surface area contributed by atoms with Crippen LogP contribution in [-0.2, 0) is 6.32 Å². The fraction of sp³-hybridized carbons (Fsp3) is 0.143. The summed E-state index contributed by atoms with van der Waals surface area (Å²) in [5.74, 6) is 0. The summed E-state index contributed by atoms with van der Waals surface area (Å²) in [5, 5.41) is 0. The Kier molecular flexibility index (Phi) is 0.981. The predicted octanol–water partition coefficient (Wildman–Crippen LogP) is 1.72. The average Bonchev–Trinajstić information content (AvgIpc) is 2.33. The Balaban J connectivity index is 2.63. The van der Waals surface area contributed by atoms with E-state index in [1.807, 2.05) is 25.3 Å². The maximum atomic E-state index is 4.17. The Bertz CT molecular complexity index is 255. The van der Waals surface area contributed by atoms with Crippen molar-refractivity contribution >= 4 is 12.8 Å². The molecule has 0 saturated heterocycles. The molecule has 2 heteroatoms. The van der Waals surface area contributed by atoms with E-state index in [-0.39, 0.29) is 0 Å². The second-order valence-corrected chi connectivity index (χ2v) is 2.14. The number of nitrogens with zero attached hydrogens (tertiary/aromatic N) is 1. The summed E-state index contributed by atoms with van der Waals surface area (Å²) < 4.78 is 0. The molecule has 0 N–H and O–H groups in total. The van der Waals surface area contributed by atoms with Crippen LogP contribution < -0.4 is 0 Å². The molecule has 1 aliphatic heterocycles. The van der Waals surface area contributed by atoms with Gasteiger partial charge in [0, 0.05) is 0 Å². The summed E-state index contributed by atoms with van der Waals surface area (Å²) in [6, 6.07) is 8.22. The first kappa shape index (κ1) is 4.92. The van der Waals surface area contributed by atoms with Crippen LogP contribution in [0.3, 0.4) is 0 Å². The summed E-state index contributed by atoms with van der Waals surface area (Å²) in [6.45, 7) is 0. The van der Waals surface area contributed by atoms with Crippen molar-refractivity contribution in [1.29, 1.82) is 0 Å². The quantitative estimate of drug-likeness (QED) is 0.456. The average molecular weight is 115 g/mol. The Hall–Kier alpha value is -0.915. The molecule has 1 aromatic carbocycles. The molecule has 0 aromatic heterocycles. The van der Waals surface area contributed by atoms with Crippen molar-refractivity contribution < 1.29 is 0 Å². The van der Waals surface area contributed by atoms with E-state index in [2.05, 4.69) is 11.0 Å². The minimum atomic E-state index is 1.01. The zero-order valence-electron chi connectivity index (χ0n) is 5.04. The van der Waals surface area contributed by atoms with Gasteiger partial charge in [-0.25, -0.2) is 0 Å². The van der Waals surface area contributed by atoms with Crippen LogP contribution >= 0.6 is 0 Å². The fourth-order valence-electron chi connectivity index (χ4n) is 1.05. The van der Waals surface area contributed by atoms with Gasteiger partial charge in [-0.2, -0.15) is 0 Å². The van der Waals surface area contributed by atoms with Crippen LogP contribution in [-0.4, -0.2) is 7.07 Å². The second-order valence-electron chi connectivity index (χ2n) is 2.14. The Morgan fingerprint density at radius 2 is 2.22 bits per heavy atom. The van der Waals surface area contributed by atoms with Crippen molar-refractivity contribution in [1.82, 2.24) is 0 Å². The third-order valence-corrected chi connectivity index (χ3v) is 1.53. The molecule has 1 aliphatic rings. The van der Waals surface area contributed by atoms with Gasteiger partial charge in [0.2, 0.25) is 0 Å². The summed E-state index contributed by atoms with van der Waals surface area (Å²) >= 11 is 0. The van der Waals surface area contributed by atoms with E-state index >= 15 is 0 Å². The van der Waals surface area contributed by atoms with Crippen molar-refractivity contribution in [2.75, 3.05) is 0 Å². The zero-order valence-corrected chi connectivity index (χ0v) is 5.04. The van der Waals surface area contributed by atoms with Crippen LogP contribution in [0.2, 0.25) is 0 Å². The molecule has 42 valence electrons. The molecule has 0 atom stereocenters. The number of benzene rings is 1. The summed E-state index contributed by atoms with van der Waals surface area (Å²) in [7, 11) is 1.95. The van der Waals surface area contributed by atoms with Crippen molar-refractivity contribution in [3.63, 3.8) is 0 Å². The topological polar surface area (TPSA) is 12.4 Å². The van der Waals surface area contributed by atoms with E-state index in [4.69, 9.17) is 0 Å². The molecule has 1 heterocycles. The van der Waals surface area contributed by atoms with Crippen molar-refractivity contribution in [3.8, 4) is 0 Å². The number of rotatable bonds is 0. The van der Waals surface area contributed by atoms with Gasteiger partial charge in [-0.1, -0.05) is 0 Å². The first-order chi connectivity index (χ1) is 4.47. The number of hydrogen-bond acceptors (Lipinski definition) is 1. The Morgan fingerprint density at radius 3 is 3.11 bits per heavy atom. The van der Waals surface area contributed by atoms with Crippen molar-refractivity contribution in [2.24, 2.45) is 4.90 Å². The molecule has 0 spiro atoms. The molecule has 0 radical (unpaired) electrons. The van der Waals surface area contributed by atoms with Crippen LogP contribution in [0.25, 0.3) is 0 Å². The van der Waals surface area contributed by atoms with Gasteiger partial charge < -0.3 is 0 Å². The van der Waals surface area contributed by atoms with Crippen LogP contribution in [0.15, 0.2) is 29.2 Å². The van der Waals surface area contributed by atoms with Crippen molar-refractivity contribution in [3.05, 3.63) is 29.8 Å². The zero-order chi connectivity index (χ0) is 6.10. The molecule has 2 rings (SSSR count). The van der Waals surface area contributed by atoms with Crippen LogP contribution in [0.1, 0.15) is 5.56 Å². The van der Waals surface area contributed by atoms with Gasteiger partial charge in [-0.3, -0.25) is 0 Å². The third-order valence-electron chi connectivity index (χ3n) is 1.53. The monoisotopic (exact) mass is 115 g/mol. The van der Waals surface area contributed by atoms with Gasteiger partial charge in [-0.05, 0) is 0 Å². The van der Waals surface area contributed by atoms with Gasteiger partial charge in [0.15, 0.2) is 0 Å². The summed E-state index contributed by atoms with van der Waals surface area (Å²) in [4.78, 5) is 4.17. The normalized spacial score (nSPS) is 12.9. The van der Waals surface area contributed by atoms with E-state index in [0.717, 1.165) is 12.0 Å². The maximum absolute atomic E-state index is 4.17. The van der Waals surface area contributed by atoms with E-state index < -0.39 is 0 Å². The van der Waals surface area contributed by atoms with Gasteiger partial charge in [0.25, 0.3) is 0 Å². The molecule has 0 aliphatic carbocycles. The second kappa shape index (κ2) is 1.80. The van der Waals surface area contributed by atoms with Crippen LogP contribution in [0, 0.1) is 0 Å². The molecule has 0 unspecified atom stereocenters. The van der Waals surface area contributed by atoms with E-state index in [1.54, 1.807) is 0 Å².